The summed E-state index contributed by atoms with van der Waals surface area (Å²) < 4.78 is 0. The van der Waals surface area contributed by atoms with Crippen LogP contribution in [-0.4, -0.2) is 10.8 Å². The Kier molecular flexibility index (Phi) is 3.08. The normalized spacial score (nSPS) is 27.5. The maximum absolute atomic E-state index is 9.19. The van der Waals surface area contributed by atoms with E-state index in [0.717, 1.165) is 5.66 Å². The molecule has 1 unspecified atom stereocenters. The number of benzene rings is 1. The van der Waals surface area contributed by atoms with Crippen molar-refractivity contribution in [2.24, 2.45) is 0 Å². The Morgan fingerprint density at radius 1 is 1.00 bits per heavy atom. The molecule has 76 valence electrons. The van der Waals surface area contributed by atoms with E-state index in [-0.39, 0.29) is 0 Å². The van der Waals surface area contributed by atoms with E-state index in [1.807, 2.05) is 0 Å². The molecular weight excluding hydrogens is 191 g/mol. The average Bonchev–Trinajstić information content (AvgIpc) is 2.21. The second-order valence-electron chi connectivity index (χ2n) is 4.20. The van der Waals surface area contributed by atoms with Crippen molar-refractivity contribution in [3.05, 3.63) is 29.8 Å². The number of phenols is 1. The number of hydrogen-bond acceptors (Lipinski definition) is 1. The molecule has 0 amide bonds. The molecule has 1 nitrogen and oxygen atoms in total. The molecule has 1 N–H and O–H groups in total. The van der Waals surface area contributed by atoms with Crippen molar-refractivity contribution in [3.63, 3.8) is 0 Å². The Bertz CT molecular complexity index is 286. The Hall–Kier alpha value is -0.550. The van der Waals surface area contributed by atoms with Crippen LogP contribution in [0.25, 0.3) is 0 Å². The van der Waals surface area contributed by atoms with Crippen LogP contribution in [0.15, 0.2) is 24.3 Å². The minimum absolute atomic E-state index is 0.369. The minimum Gasteiger partial charge on any atom is -0.508 e. The molecule has 1 aliphatic carbocycles. The molecule has 2 rings (SSSR count). The van der Waals surface area contributed by atoms with Gasteiger partial charge >= 0.3 is 0 Å². The van der Waals surface area contributed by atoms with Crippen molar-refractivity contribution in [2.45, 2.75) is 37.3 Å². The third-order valence-electron chi connectivity index (χ3n) is 3.14. The van der Waals surface area contributed by atoms with Crippen LogP contribution in [0.3, 0.4) is 0 Å². The van der Waals surface area contributed by atoms with Gasteiger partial charge in [-0.1, -0.05) is 12.1 Å². The first kappa shape index (κ1) is 9.98. The lowest BCUT2D eigenvalue weighted by Crippen LogP contribution is -2.12. The first-order valence-electron chi connectivity index (χ1n) is 5.30. The van der Waals surface area contributed by atoms with Gasteiger partial charge in [-0.3, -0.25) is 0 Å². The van der Waals surface area contributed by atoms with E-state index in [4.69, 9.17) is 0 Å². The predicted octanol–water partition coefficient (Wildman–Crippen LogP) is 3.29. The molecule has 2 heteroatoms. The Morgan fingerprint density at radius 3 is 2.14 bits per heavy atom. The average molecular weight is 208 g/mol. The van der Waals surface area contributed by atoms with E-state index in [1.165, 1.54) is 31.2 Å². The Morgan fingerprint density at radius 2 is 1.57 bits per heavy atom. The van der Waals surface area contributed by atoms with Crippen molar-refractivity contribution < 1.29 is 5.11 Å². The third kappa shape index (κ3) is 2.27. The van der Waals surface area contributed by atoms with E-state index in [0.29, 0.717) is 11.7 Å². The monoisotopic (exact) mass is 208 g/mol. The molecule has 0 aliphatic heterocycles. The smallest absolute Gasteiger partial charge is 0.115 e. The van der Waals surface area contributed by atoms with Crippen LogP contribution < -0.4 is 0 Å². The zero-order chi connectivity index (χ0) is 9.97. The minimum atomic E-state index is 0.369. The summed E-state index contributed by atoms with van der Waals surface area (Å²) in [7, 11) is 2.93. The molecule has 14 heavy (non-hydrogen) atoms. The summed E-state index contributed by atoms with van der Waals surface area (Å²) in [6, 6.07) is 7.70. The van der Waals surface area contributed by atoms with Gasteiger partial charge in [0.05, 0.1) is 0 Å². The number of phenolic OH excluding ortho intramolecular Hbond substituents is 1. The summed E-state index contributed by atoms with van der Waals surface area (Å²) in [6.45, 7) is 0. The van der Waals surface area contributed by atoms with Crippen LogP contribution >= 0.6 is 9.24 Å². The Labute approximate surface area is 87.7 Å². The second kappa shape index (κ2) is 4.31. The highest BCUT2D eigenvalue weighted by atomic mass is 31.0. The summed E-state index contributed by atoms with van der Waals surface area (Å²) in [5, 5.41) is 9.19. The van der Waals surface area contributed by atoms with Gasteiger partial charge in [0.1, 0.15) is 5.75 Å². The van der Waals surface area contributed by atoms with Gasteiger partial charge in [-0.05, 0) is 55.0 Å². The lowest BCUT2D eigenvalue weighted by Gasteiger charge is -2.26. The summed E-state index contributed by atoms with van der Waals surface area (Å²) in [5.41, 5.74) is 2.21. The Balaban J connectivity index is 2.05. The molecule has 1 aliphatic rings. The highest BCUT2D eigenvalue weighted by molar-refractivity contribution is 7.17. The van der Waals surface area contributed by atoms with E-state index >= 15 is 0 Å². The van der Waals surface area contributed by atoms with E-state index in [2.05, 4.69) is 21.4 Å². The lowest BCUT2D eigenvalue weighted by molar-refractivity contribution is 0.450. The highest BCUT2D eigenvalue weighted by Gasteiger charge is 2.19. The molecule has 0 bridgehead atoms. The predicted molar refractivity (Wildman–Crippen MR) is 62.8 cm³/mol. The van der Waals surface area contributed by atoms with Gasteiger partial charge in [0.15, 0.2) is 0 Å². The van der Waals surface area contributed by atoms with Gasteiger partial charge in [-0.2, -0.15) is 0 Å². The summed E-state index contributed by atoms with van der Waals surface area (Å²) >= 11 is 0. The third-order valence-corrected chi connectivity index (χ3v) is 3.80. The van der Waals surface area contributed by atoms with Crippen molar-refractivity contribution in [3.8, 4) is 5.75 Å². The van der Waals surface area contributed by atoms with Crippen LogP contribution in [-0.2, 0) is 0 Å². The molecule has 1 saturated carbocycles. The molecule has 0 saturated heterocycles. The molecule has 0 spiro atoms. The maximum atomic E-state index is 9.19. The number of rotatable bonds is 1. The van der Waals surface area contributed by atoms with Gasteiger partial charge in [-0.25, -0.2) is 0 Å². The first-order valence-corrected chi connectivity index (χ1v) is 5.97. The SMILES string of the molecule is Oc1ccc(C2CCC(P)CC2)cc1. The van der Waals surface area contributed by atoms with E-state index < -0.39 is 0 Å². The van der Waals surface area contributed by atoms with Crippen molar-refractivity contribution >= 4 is 9.24 Å². The number of aromatic hydroxyl groups is 1. The molecule has 1 fully saturated rings. The zero-order valence-electron chi connectivity index (χ0n) is 8.32. The molecule has 0 heterocycles. The van der Waals surface area contributed by atoms with Gasteiger partial charge in [0, 0.05) is 0 Å². The van der Waals surface area contributed by atoms with Crippen LogP contribution in [0.4, 0.5) is 0 Å². The van der Waals surface area contributed by atoms with Crippen LogP contribution in [0, 0.1) is 0 Å². The van der Waals surface area contributed by atoms with Crippen LogP contribution in [0.5, 0.6) is 5.75 Å². The van der Waals surface area contributed by atoms with E-state index in [1.54, 1.807) is 12.1 Å². The van der Waals surface area contributed by atoms with Crippen LogP contribution in [0.1, 0.15) is 37.2 Å². The summed E-state index contributed by atoms with van der Waals surface area (Å²) in [6.07, 6.45) is 5.21. The maximum Gasteiger partial charge on any atom is 0.115 e. The van der Waals surface area contributed by atoms with Crippen molar-refractivity contribution in [2.75, 3.05) is 0 Å². The quantitative estimate of drug-likeness (QED) is 0.702. The van der Waals surface area contributed by atoms with Gasteiger partial charge in [-0.15, -0.1) is 9.24 Å². The largest absolute Gasteiger partial charge is 0.508 e. The van der Waals surface area contributed by atoms with Gasteiger partial charge in [0.25, 0.3) is 0 Å². The fraction of sp³-hybridized carbons (Fsp3) is 0.500. The second-order valence-corrected chi connectivity index (χ2v) is 5.15. The standard InChI is InChI=1S/C12H17OP/c13-11-5-1-9(2-6-11)10-3-7-12(14)8-4-10/h1-2,5-6,10,12-13H,3-4,7-8,14H2. The topological polar surface area (TPSA) is 20.2 Å². The zero-order valence-corrected chi connectivity index (χ0v) is 9.47. The van der Waals surface area contributed by atoms with Crippen molar-refractivity contribution in [1.82, 2.24) is 0 Å². The highest BCUT2D eigenvalue weighted by Crippen LogP contribution is 2.35. The van der Waals surface area contributed by atoms with E-state index in [9.17, 15) is 5.11 Å². The van der Waals surface area contributed by atoms with Gasteiger partial charge in [0.2, 0.25) is 0 Å². The van der Waals surface area contributed by atoms with Gasteiger partial charge < -0.3 is 5.11 Å². The molecule has 0 aromatic heterocycles. The van der Waals surface area contributed by atoms with Crippen LogP contribution in [0.2, 0.25) is 0 Å². The molecule has 1 aromatic rings. The molecular formula is C12H17OP. The molecule has 0 radical (unpaired) electrons. The fourth-order valence-corrected chi connectivity index (χ4v) is 2.58. The summed E-state index contributed by atoms with van der Waals surface area (Å²) in [5.74, 6) is 1.08. The summed E-state index contributed by atoms with van der Waals surface area (Å²) in [4.78, 5) is 0. The molecule has 1 aromatic carbocycles. The lowest BCUT2D eigenvalue weighted by atomic mass is 9.84. The first-order chi connectivity index (χ1) is 6.75. The molecule has 1 atom stereocenters. The fourth-order valence-electron chi connectivity index (χ4n) is 2.20. The number of hydrogen-bond donors (Lipinski definition) is 1. The van der Waals surface area contributed by atoms with Crippen molar-refractivity contribution in [1.29, 1.82) is 0 Å².